The summed E-state index contributed by atoms with van der Waals surface area (Å²) >= 11 is 0. The first-order chi connectivity index (χ1) is 24.2. The molecular weight excluding hydrogens is 599 g/mol. The molecule has 49 heavy (non-hydrogen) atoms. The van der Waals surface area contributed by atoms with Crippen molar-refractivity contribution in [1.29, 1.82) is 5.26 Å². The van der Waals surface area contributed by atoms with Crippen LogP contribution in [0.2, 0.25) is 0 Å². The Balaban J connectivity index is 1.31. The zero-order chi connectivity index (χ0) is 32.7. The fraction of sp³-hybridized carbons (Fsp3) is 0. The van der Waals surface area contributed by atoms with E-state index in [1.165, 1.54) is 10.8 Å². The highest BCUT2D eigenvalue weighted by Crippen LogP contribution is 2.40. The van der Waals surface area contributed by atoms with Gasteiger partial charge in [0.15, 0.2) is 5.82 Å². The SMILES string of the molecule is N#Cc1cccc(-c2cc(-c3cc(-c4ccc5ccccc5c4)cc(-c4cccc5c4oc4ccccc45)c3)nc(-c3ccccc3)n2)c1. The highest BCUT2D eigenvalue weighted by atomic mass is 16.3. The molecule has 0 saturated carbocycles. The van der Waals surface area contributed by atoms with Crippen molar-refractivity contribution in [2.24, 2.45) is 0 Å². The summed E-state index contributed by atoms with van der Waals surface area (Å²) in [5.41, 5.74) is 10.8. The van der Waals surface area contributed by atoms with Gasteiger partial charge in [0.2, 0.25) is 0 Å². The number of para-hydroxylation sites is 2. The summed E-state index contributed by atoms with van der Waals surface area (Å²) in [4.78, 5) is 10.2. The highest BCUT2D eigenvalue weighted by Gasteiger charge is 2.17. The molecular formula is C45H27N3O. The predicted molar refractivity (Wildman–Crippen MR) is 199 cm³/mol. The van der Waals surface area contributed by atoms with Gasteiger partial charge in [-0.25, -0.2) is 9.97 Å². The second kappa shape index (κ2) is 11.8. The van der Waals surface area contributed by atoms with Gasteiger partial charge in [-0.1, -0.05) is 115 Å². The molecule has 9 aromatic rings. The summed E-state index contributed by atoms with van der Waals surface area (Å²) < 4.78 is 6.51. The number of nitriles is 1. The summed E-state index contributed by atoms with van der Waals surface area (Å²) in [6.07, 6.45) is 0. The van der Waals surface area contributed by atoms with Crippen molar-refractivity contribution >= 4 is 32.7 Å². The van der Waals surface area contributed by atoms with Crippen LogP contribution in [0.3, 0.4) is 0 Å². The summed E-state index contributed by atoms with van der Waals surface area (Å²) in [5.74, 6) is 0.618. The number of furan rings is 1. The van der Waals surface area contributed by atoms with Crippen molar-refractivity contribution in [3.05, 3.63) is 169 Å². The molecule has 4 nitrogen and oxygen atoms in total. The molecule has 228 valence electrons. The molecule has 0 unspecified atom stereocenters. The van der Waals surface area contributed by atoms with E-state index >= 15 is 0 Å². The zero-order valence-electron chi connectivity index (χ0n) is 26.3. The summed E-state index contributed by atoms with van der Waals surface area (Å²) in [5, 5.41) is 14.2. The van der Waals surface area contributed by atoms with Gasteiger partial charge in [0, 0.05) is 33.0 Å². The molecule has 0 radical (unpaired) electrons. The van der Waals surface area contributed by atoms with Gasteiger partial charge in [-0.05, 0) is 76.0 Å². The Morgan fingerprint density at radius 3 is 2.02 bits per heavy atom. The van der Waals surface area contributed by atoms with Gasteiger partial charge in [-0.2, -0.15) is 5.26 Å². The molecule has 2 aromatic heterocycles. The van der Waals surface area contributed by atoms with Gasteiger partial charge in [-0.15, -0.1) is 0 Å². The molecule has 4 heteroatoms. The molecule has 0 aliphatic heterocycles. The summed E-state index contributed by atoms with van der Waals surface area (Å²) in [6, 6.07) is 58.1. The normalized spacial score (nSPS) is 11.2. The molecule has 0 saturated heterocycles. The van der Waals surface area contributed by atoms with E-state index in [9.17, 15) is 5.26 Å². The van der Waals surface area contributed by atoms with Crippen LogP contribution in [0.4, 0.5) is 0 Å². The van der Waals surface area contributed by atoms with Crippen molar-refractivity contribution in [2.45, 2.75) is 0 Å². The number of aromatic nitrogens is 2. The van der Waals surface area contributed by atoms with Crippen molar-refractivity contribution < 1.29 is 4.42 Å². The Morgan fingerprint density at radius 1 is 0.449 bits per heavy atom. The predicted octanol–water partition coefficient (Wildman–Crippen LogP) is 11.7. The van der Waals surface area contributed by atoms with E-state index in [4.69, 9.17) is 14.4 Å². The van der Waals surface area contributed by atoms with Crippen molar-refractivity contribution in [3.63, 3.8) is 0 Å². The number of hydrogen-bond acceptors (Lipinski definition) is 4. The van der Waals surface area contributed by atoms with Crippen LogP contribution in [0, 0.1) is 11.3 Å². The van der Waals surface area contributed by atoms with Gasteiger partial charge in [0.1, 0.15) is 11.2 Å². The average Bonchev–Trinajstić information content (AvgIpc) is 3.57. The molecule has 0 aliphatic carbocycles. The molecule has 7 aromatic carbocycles. The molecule has 0 fully saturated rings. The van der Waals surface area contributed by atoms with E-state index in [1.54, 1.807) is 0 Å². The van der Waals surface area contributed by atoms with Crippen LogP contribution in [0.1, 0.15) is 5.56 Å². The fourth-order valence-corrected chi connectivity index (χ4v) is 6.65. The minimum Gasteiger partial charge on any atom is -0.455 e. The smallest absolute Gasteiger partial charge is 0.160 e. The van der Waals surface area contributed by atoms with Crippen LogP contribution in [0.5, 0.6) is 0 Å². The first-order valence-corrected chi connectivity index (χ1v) is 16.2. The maximum atomic E-state index is 9.65. The van der Waals surface area contributed by atoms with Gasteiger partial charge in [-0.3, -0.25) is 0 Å². The van der Waals surface area contributed by atoms with E-state index in [1.807, 2.05) is 78.9 Å². The van der Waals surface area contributed by atoms with E-state index < -0.39 is 0 Å². The third kappa shape index (κ3) is 5.20. The average molecular weight is 626 g/mol. The van der Waals surface area contributed by atoms with Crippen LogP contribution >= 0.6 is 0 Å². The Kier molecular flexibility index (Phi) is 6.81. The molecule has 2 heterocycles. The van der Waals surface area contributed by atoms with Crippen LogP contribution in [0.25, 0.3) is 88.9 Å². The number of nitrogens with zero attached hydrogens (tertiary/aromatic N) is 3. The van der Waals surface area contributed by atoms with Gasteiger partial charge >= 0.3 is 0 Å². The highest BCUT2D eigenvalue weighted by molar-refractivity contribution is 6.10. The van der Waals surface area contributed by atoms with Crippen molar-refractivity contribution in [3.8, 4) is 62.2 Å². The third-order valence-electron chi connectivity index (χ3n) is 9.07. The Hall–Kier alpha value is -6.83. The van der Waals surface area contributed by atoms with Gasteiger partial charge < -0.3 is 4.42 Å². The van der Waals surface area contributed by atoms with E-state index in [2.05, 4.69) is 91.0 Å². The Morgan fingerprint density at radius 2 is 1.14 bits per heavy atom. The lowest BCUT2D eigenvalue weighted by atomic mass is 9.93. The van der Waals surface area contributed by atoms with E-state index in [0.29, 0.717) is 11.4 Å². The van der Waals surface area contributed by atoms with Crippen molar-refractivity contribution in [2.75, 3.05) is 0 Å². The van der Waals surface area contributed by atoms with E-state index in [0.717, 1.165) is 72.3 Å². The largest absolute Gasteiger partial charge is 0.455 e. The first-order valence-electron chi connectivity index (χ1n) is 16.2. The summed E-state index contributed by atoms with van der Waals surface area (Å²) in [7, 11) is 0. The zero-order valence-corrected chi connectivity index (χ0v) is 26.3. The summed E-state index contributed by atoms with van der Waals surface area (Å²) in [6.45, 7) is 0. The Bertz CT molecular complexity index is 2740. The standard InChI is InChI=1S/C45H27N3O/c46-28-29-10-8-15-34(22-29)41-27-42(48-45(47-41)31-12-2-1-3-13-31)37-25-35(33-21-20-30-11-4-5-14-32(30)23-33)24-36(26-37)38-17-9-18-40-39-16-6-7-19-43(39)49-44(38)40/h1-27H. The second-order valence-electron chi connectivity index (χ2n) is 12.2. The lowest BCUT2D eigenvalue weighted by molar-refractivity contribution is 0.670. The minimum atomic E-state index is 0.582. The molecule has 9 rings (SSSR count). The topological polar surface area (TPSA) is 62.7 Å². The third-order valence-corrected chi connectivity index (χ3v) is 9.07. The van der Waals surface area contributed by atoms with Crippen LogP contribution < -0.4 is 0 Å². The number of fused-ring (bicyclic) bond motifs is 4. The first kappa shape index (κ1) is 28.4. The molecule has 0 aliphatic rings. The van der Waals surface area contributed by atoms with Crippen LogP contribution in [-0.4, -0.2) is 9.97 Å². The quantitative estimate of drug-likeness (QED) is 0.191. The molecule has 0 amide bonds. The second-order valence-corrected chi connectivity index (χ2v) is 12.2. The lowest BCUT2D eigenvalue weighted by Crippen LogP contribution is -1.97. The lowest BCUT2D eigenvalue weighted by Gasteiger charge is -2.14. The van der Waals surface area contributed by atoms with Crippen LogP contribution in [0.15, 0.2) is 168 Å². The number of benzene rings is 7. The maximum absolute atomic E-state index is 9.65. The fourth-order valence-electron chi connectivity index (χ4n) is 6.65. The van der Waals surface area contributed by atoms with Gasteiger partial charge in [0.05, 0.1) is 23.0 Å². The molecule has 0 bridgehead atoms. The van der Waals surface area contributed by atoms with E-state index in [-0.39, 0.29) is 0 Å². The monoisotopic (exact) mass is 625 g/mol. The minimum absolute atomic E-state index is 0.582. The van der Waals surface area contributed by atoms with Gasteiger partial charge in [0.25, 0.3) is 0 Å². The Labute approximate surface area is 283 Å². The number of rotatable bonds is 5. The molecule has 0 spiro atoms. The van der Waals surface area contributed by atoms with Crippen molar-refractivity contribution in [1.82, 2.24) is 9.97 Å². The van der Waals surface area contributed by atoms with Crippen LogP contribution in [-0.2, 0) is 0 Å². The maximum Gasteiger partial charge on any atom is 0.160 e. The molecule has 0 N–H and O–H groups in total. The molecule has 0 atom stereocenters. The number of hydrogen-bond donors (Lipinski definition) is 0.